The van der Waals surface area contributed by atoms with E-state index in [1.54, 1.807) is 12.1 Å². The highest BCUT2D eigenvalue weighted by Gasteiger charge is 2.29. The summed E-state index contributed by atoms with van der Waals surface area (Å²) >= 11 is 1.05. The largest absolute Gasteiger partial charge is 0.490 e. The van der Waals surface area contributed by atoms with Gasteiger partial charge in [-0.15, -0.1) is 0 Å². The van der Waals surface area contributed by atoms with E-state index in [1.165, 1.54) is 11.0 Å². The molecule has 1 aromatic heterocycles. The Bertz CT molecular complexity index is 1170. The first-order chi connectivity index (χ1) is 16.9. The van der Waals surface area contributed by atoms with E-state index in [9.17, 15) is 13.6 Å². The molecular weight excluding hydrogens is 478 g/mol. The van der Waals surface area contributed by atoms with Crippen molar-refractivity contribution in [1.29, 1.82) is 0 Å². The molecule has 1 aliphatic heterocycles. The fraction of sp³-hybridized carbons (Fsp3) is 0.440. The Hall–Kier alpha value is -2.98. The smallest absolute Gasteiger partial charge is 0.260 e. The van der Waals surface area contributed by atoms with Crippen LogP contribution in [0.4, 0.5) is 13.9 Å². The van der Waals surface area contributed by atoms with Crippen LogP contribution in [0.5, 0.6) is 17.2 Å². The first kappa shape index (κ1) is 25.1. The third-order valence-corrected chi connectivity index (χ3v) is 6.47. The molecule has 1 amide bonds. The number of anilines is 1. The lowest BCUT2D eigenvalue weighted by atomic mass is 10.1. The molecule has 0 N–H and O–H groups in total. The third kappa shape index (κ3) is 5.48. The van der Waals surface area contributed by atoms with Crippen molar-refractivity contribution in [2.75, 3.05) is 37.9 Å². The first-order valence-electron chi connectivity index (χ1n) is 11.7. The standard InChI is InChI=1S/C25H28F2N2O5S/c1-4-31-19-10-15(11-20(32-5-2)23(19)33-6-3)24(30)29(14-17-8-7-9-34-17)25-28-22-18(27)12-16(26)13-21(22)35-25/h10-13,17H,4-9,14H2,1-3H3. The van der Waals surface area contributed by atoms with Crippen LogP contribution >= 0.6 is 11.3 Å². The number of carbonyl (C=O) groups excluding carboxylic acids is 1. The number of benzene rings is 2. The molecule has 0 radical (unpaired) electrons. The van der Waals surface area contributed by atoms with Crippen LogP contribution < -0.4 is 19.1 Å². The summed E-state index contributed by atoms with van der Waals surface area (Å²) < 4.78 is 51.5. The molecule has 2 aromatic carbocycles. The molecule has 4 rings (SSSR count). The van der Waals surface area contributed by atoms with Crippen LogP contribution in [-0.2, 0) is 4.74 Å². The quantitative estimate of drug-likeness (QED) is 0.357. The Balaban J connectivity index is 1.79. The van der Waals surface area contributed by atoms with E-state index in [-0.39, 0.29) is 29.2 Å². The van der Waals surface area contributed by atoms with Gasteiger partial charge in [-0.1, -0.05) is 11.3 Å². The van der Waals surface area contributed by atoms with E-state index in [2.05, 4.69) is 4.98 Å². The zero-order valence-electron chi connectivity index (χ0n) is 19.9. The molecule has 0 spiro atoms. The highest BCUT2D eigenvalue weighted by molar-refractivity contribution is 7.22. The number of thiazole rings is 1. The van der Waals surface area contributed by atoms with Crippen molar-refractivity contribution in [3.8, 4) is 17.2 Å². The fourth-order valence-electron chi connectivity index (χ4n) is 3.97. The van der Waals surface area contributed by atoms with Gasteiger partial charge in [0, 0.05) is 18.2 Å². The second-order valence-corrected chi connectivity index (χ2v) is 8.89. The van der Waals surface area contributed by atoms with Crippen molar-refractivity contribution in [2.45, 2.75) is 39.7 Å². The molecule has 188 valence electrons. The molecular formula is C25H28F2N2O5S. The van der Waals surface area contributed by atoms with Gasteiger partial charge in [0.15, 0.2) is 22.4 Å². The van der Waals surface area contributed by atoms with Gasteiger partial charge in [0.25, 0.3) is 5.91 Å². The fourth-order valence-corrected chi connectivity index (χ4v) is 4.98. The van der Waals surface area contributed by atoms with Crippen molar-refractivity contribution < 1.29 is 32.5 Å². The molecule has 1 fully saturated rings. The Morgan fingerprint density at radius 2 is 1.77 bits per heavy atom. The molecule has 1 unspecified atom stereocenters. The Kier molecular flexibility index (Phi) is 8.02. The minimum Gasteiger partial charge on any atom is -0.490 e. The van der Waals surface area contributed by atoms with Gasteiger partial charge in [-0.2, -0.15) is 0 Å². The van der Waals surface area contributed by atoms with Gasteiger partial charge >= 0.3 is 0 Å². The highest BCUT2D eigenvalue weighted by atomic mass is 32.1. The molecule has 1 atom stereocenters. The maximum Gasteiger partial charge on any atom is 0.260 e. The van der Waals surface area contributed by atoms with E-state index >= 15 is 0 Å². The Labute approximate surface area is 206 Å². The number of hydrogen-bond acceptors (Lipinski definition) is 7. The molecule has 10 heteroatoms. The summed E-state index contributed by atoms with van der Waals surface area (Å²) in [4.78, 5) is 19.7. The number of aromatic nitrogens is 1. The molecule has 2 heterocycles. The SMILES string of the molecule is CCOc1cc(C(=O)N(CC2CCCO2)c2nc3c(F)cc(F)cc3s2)cc(OCC)c1OCC. The molecule has 0 aliphatic carbocycles. The molecule has 35 heavy (non-hydrogen) atoms. The Morgan fingerprint density at radius 3 is 2.37 bits per heavy atom. The van der Waals surface area contributed by atoms with Crippen molar-refractivity contribution in [1.82, 2.24) is 4.98 Å². The van der Waals surface area contributed by atoms with E-state index < -0.39 is 11.6 Å². The maximum absolute atomic E-state index is 14.4. The second-order valence-electron chi connectivity index (χ2n) is 7.88. The van der Waals surface area contributed by atoms with Crippen LogP contribution in [0, 0.1) is 11.6 Å². The topological polar surface area (TPSA) is 70.1 Å². The van der Waals surface area contributed by atoms with E-state index in [1.807, 2.05) is 20.8 Å². The van der Waals surface area contributed by atoms with Gasteiger partial charge in [0.1, 0.15) is 11.3 Å². The van der Waals surface area contributed by atoms with Crippen LogP contribution in [0.2, 0.25) is 0 Å². The molecule has 0 saturated carbocycles. The van der Waals surface area contributed by atoms with Crippen LogP contribution in [-0.4, -0.2) is 50.0 Å². The monoisotopic (exact) mass is 506 g/mol. The van der Waals surface area contributed by atoms with Crippen molar-refractivity contribution in [3.63, 3.8) is 0 Å². The molecule has 0 bridgehead atoms. The molecule has 1 aliphatic rings. The number of amides is 1. The number of carbonyl (C=O) groups is 1. The van der Waals surface area contributed by atoms with Crippen molar-refractivity contribution in [2.24, 2.45) is 0 Å². The summed E-state index contributed by atoms with van der Waals surface area (Å²) in [7, 11) is 0. The maximum atomic E-state index is 14.4. The lowest BCUT2D eigenvalue weighted by molar-refractivity contribution is 0.0916. The summed E-state index contributed by atoms with van der Waals surface area (Å²) in [6, 6.07) is 5.21. The number of rotatable bonds is 10. The Morgan fingerprint density at radius 1 is 1.09 bits per heavy atom. The third-order valence-electron chi connectivity index (χ3n) is 5.44. The van der Waals surface area contributed by atoms with Gasteiger partial charge in [-0.25, -0.2) is 13.8 Å². The minimum atomic E-state index is -0.773. The summed E-state index contributed by atoms with van der Waals surface area (Å²) in [6.07, 6.45) is 1.49. The summed E-state index contributed by atoms with van der Waals surface area (Å²) in [5, 5.41) is 0.259. The van der Waals surface area contributed by atoms with Gasteiger partial charge in [-0.05, 0) is 51.8 Å². The minimum absolute atomic E-state index is 0.0215. The van der Waals surface area contributed by atoms with Crippen LogP contribution in [0.3, 0.4) is 0 Å². The van der Waals surface area contributed by atoms with Gasteiger partial charge in [-0.3, -0.25) is 9.69 Å². The van der Waals surface area contributed by atoms with E-state index in [4.69, 9.17) is 18.9 Å². The van der Waals surface area contributed by atoms with Crippen LogP contribution in [0.15, 0.2) is 24.3 Å². The molecule has 7 nitrogen and oxygen atoms in total. The zero-order valence-corrected chi connectivity index (χ0v) is 20.8. The second kappa shape index (κ2) is 11.2. The summed E-state index contributed by atoms with van der Waals surface area (Å²) in [6.45, 7) is 7.49. The lowest BCUT2D eigenvalue weighted by Crippen LogP contribution is -2.37. The van der Waals surface area contributed by atoms with Gasteiger partial charge in [0.05, 0.1) is 37.2 Å². The summed E-state index contributed by atoms with van der Waals surface area (Å²) in [5.41, 5.74) is 0.317. The zero-order chi connectivity index (χ0) is 24.9. The van der Waals surface area contributed by atoms with Crippen molar-refractivity contribution >= 4 is 32.6 Å². The number of hydrogen-bond donors (Lipinski definition) is 0. The number of halogens is 2. The molecule has 1 saturated heterocycles. The highest BCUT2D eigenvalue weighted by Crippen LogP contribution is 2.40. The predicted octanol–water partition coefficient (Wildman–Crippen LogP) is 5.60. The van der Waals surface area contributed by atoms with E-state index in [0.717, 1.165) is 30.2 Å². The first-order valence-corrected chi connectivity index (χ1v) is 12.5. The predicted molar refractivity (Wildman–Crippen MR) is 130 cm³/mol. The average Bonchev–Trinajstić information content (AvgIpc) is 3.49. The number of ether oxygens (including phenoxy) is 4. The van der Waals surface area contributed by atoms with Crippen LogP contribution in [0.1, 0.15) is 44.0 Å². The van der Waals surface area contributed by atoms with Crippen LogP contribution in [0.25, 0.3) is 10.2 Å². The number of nitrogens with zero attached hydrogens (tertiary/aromatic N) is 2. The average molecular weight is 507 g/mol. The summed E-state index contributed by atoms with van der Waals surface area (Å²) in [5.74, 6) is -0.653. The van der Waals surface area contributed by atoms with Gasteiger partial charge < -0.3 is 18.9 Å². The van der Waals surface area contributed by atoms with Crippen molar-refractivity contribution in [3.05, 3.63) is 41.5 Å². The normalized spacial score (nSPS) is 15.4. The van der Waals surface area contributed by atoms with E-state index in [0.29, 0.717) is 53.9 Å². The van der Waals surface area contributed by atoms with Gasteiger partial charge in [0.2, 0.25) is 5.75 Å². The lowest BCUT2D eigenvalue weighted by Gasteiger charge is -2.24. The number of fused-ring (bicyclic) bond motifs is 1. The molecule has 3 aromatic rings.